The van der Waals surface area contributed by atoms with E-state index in [4.69, 9.17) is 5.11 Å². The van der Waals surface area contributed by atoms with E-state index in [2.05, 4.69) is 5.32 Å². The van der Waals surface area contributed by atoms with E-state index in [0.717, 1.165) is 12.1 Å². The van der Waals surface area contributed by atoms with Gasteiger partial charge in [-0.3, -0.25) is 14.9 Å². The predicted molar refractivity (Wildman–Crippen MR) is 62.6 cm³/mol. The van der Waals surface area contributed by atoms with Crippen LogP contribution in [0.15, 0.2) is 18.2 Å². The first-order valence-corrected chi connectivity index (χ1v) is 5.40. The Labute approximate surface area is 103 Å². The van der Waals surface area contributed by atoms with Gasteiger partial charge in [0.2, 0.25) is 5.91 Å². The third kappa shape index (κ3) is 3.77. The molecule has 0 aromatic heterocycles. The van der Waals surface area contributed by atoms with Crippen molar-refractivity contribution >= 4 is 17.3 Å². The number of carbonyl (C=O) groups is 1. The van der Waals surface area contributed by atoms with E-state index in [1.54, 1.807) is 0 Å². The third-order valence-corrected chi connectivity index (χ3v) is 2.26. The molecular formula is C11H13FN2O4. The number of rotatable bonds is 6. The van der Waals surface area contributed by atoms with Crippen LogP contribution in [0.4, 0.5) is 15.8 Å². The van der Waals surface area contributed by atoms with Gasteiger partial charge in [-0.15, -0.1) is 0 Å². The number of nitrogens with one attached hydrogen (secondary N) is 1. The minimum Gasteiger partial charge on any atom is -0.396 e. The smallest absolute Gasteiger partial charge is 0.295 e. The standard InChI is InChI=1S/C11H13FN2O4/c12-8-4-3-5-9(14(17)18)11(8)13-10(16)6-1-2-7-15/h3-5,15H,1-2,6-7H2,(H,13,16). The second-order valence-electron chi connectivity index (χ2n) is 3.62. The van der Waals surface area contributed by atoms with Crippen LogP contribution in [0.5, 0.6) is 0 Å². The molecule has 0 unspecified atom stereocenters. The summed E-state index contributed by atoms with van der Waals surface area (Å²) < 4.78 is 13.4. The zero-order valence-corrected chi connectivity index (χ0v) is 9.56. The second-order valence-corrected chi connectivity index (χ2v) is 3.62. The van der Waals surface area contributed by atoms with Crippen LogP contribution in [0.2, 0.25) is 0 Å². The van der Waals surface area contributed by atoms with Crippen molar-refractivity contribution in [1.29, 1.82) is 0 Å². The molecule has 0 bridgehead atoms. The average Bonchev–Trinajstić information content (AvgIpc) is 2.31. The largest absolute Gasteiger partial charge is 0.396 e. The van der Waals surface area contributed by atoms with Gasteiger partial charge in [0.25, 0.3) is 5.69 Å². The van der Waals surface area contributed by atoms with Crippen molar-refractivity contribution in [3.05, 3.63) is 34.1 Å². The predicted octanol–water partition coefficient (Wildman–Crippen LogP) is 1.83. The molecule has 0 aliphatic heterocycles. The van der Waals surface area contributed by atoms with Crippen molar-refractivity contribution in [2.45, 2.75) is 19.3 Å². The zero-order chi connectivity index (χ0) is 13.5. The van der Waals surface area contributed by atoms with Gasteiger partial charge in [-0.1, -0.05) is 6.07 Å². The zero-order valence-electron chi connectivity index (χ0n) is 9.56. The summed E-state index contributed by atoms with van der Waals surface area (Å²) in [6, 6.07) is 3.36. The maximum atomic E-state index is 13.4. The number of carbonyl (C=O) groups excluding carboxylic acids is 1. The number of hydrogen-bond donors (Lipinski definition) is 2. The lowest BCUT2D eigenvalue weighted by Crippen LogP contribution is -2.14. The van der Waals surface area contributed by atoms with Gasteiger partial charge in [-0.2, -0.15) is 0 Å². The molecule has 98 valence electrons. The maximum Gasteiger partial charge on any atom is 0.295 e. The summed E-state index contributed by atoms with van der Waals surface area (Å²) in [5.41, 5.74) is -0.901. The normalized spacial score (nSPS) is 10.1. The Morgan fingerprint density at radius 3 is 2.78 bits per heavy atom. The van der Waals surface area contributed by atoms with Gasteiger partial charge in [0.1, 0.15) is 0 Å². The Morgan fingerprint density at radius 1 is 1.44 bits per heavy atom. The number of amides is 1. The fourth-order valence-electron chi connectivity index (χ4n) is 1.39. The Kier molecular flexibility index (Phi) is 5.19. The molecule has 1 rings (SSSR count). The molecule has 0 saturated carbocycles. The Bertz CT molecular complexity index is 451. The number of nitro groups is 1. The molecule has 0 aliphatic carbocycles. The molecule has 0 saturated heterocycles. The van der Waals surface area contributed by atoms with E-state index in [0.29, 0.717) is 12.8 Å². The van der Waals surface area contributed by atoms with Crippen LogP contribution >= 0.6 is 0 Å². The lowest BCUT2D eigenvalue weighted by Gasteiger charge is -2.06. The van der Waals surface area contributed by atoms with Gasteiger partial charge >= 0.3 is 0 Å². The molecule has 0 heterocycles. The van der Waals surface area contributed by atoms with Gasteiger partial charge < -0.3 is 10.4 Å². The molecule has 6 nitrogen and oxygen atoms in total. The molecule has 1 amide bonds. The number of halogens is 1. The highest BCUT2D eigenvalue weighted by Crippen LogP contribution is 2.27. The number of aliphatic hydroxyl groups excluding tert-OH is 1. The van der Waals surface area contributed by atoms with E-state index in [-0.39, 0.29) is 13.0 Å². The fourth-order valence-corrected chi connectivity index (χ4v) is 1.39. The van der Waals surface area contributed by atoms with E-state index >= 15 is 0 Å². The van der Waals surface area contributed by atoms with Crippen LogP contribution in [0, 0.1) is 15.9 Å². The molecule has 2 N–H and O–H groups in total. The highest BCUT2D eigenvalue weighted by atomic mass is 19.1. The number of nitro benzene ring substituents is 1. The lowest BCUT2D eigenvalue weighted by molar-refractivity contribution is -0.384. The van der Waals surface area contributed by atoms with Gasteiger partial charge in [0, 0.05) is 19.1 Å². The van der Waals surface area contributed by atoms with E-state index < -0.39 is 28.0 Å². The number of unbranched alkanes of at least 4 members (excludes halogenated alkanes) is 1. The van der Waals surface area contributed by atoms with Crippen molar-refractivity contribution in [3.63, 3.8) is 0 Å². The number of benzene rings is 1. The Hall–Kier alpha value is -2.02. The quantitative estimate of drug-likeness (QED) is 0.461. The molecule has 0 atom stereocenters. The van der Waals surface area contributed by atoms with Crippen molar-refractivity contribution in [2.24, 2.45) is 0 Å². The molecule has 1 aromatic carbocycles. The first kappa shape index (κ1) is 14.0. The van der Waals surface area contributed by atoms with Gasteiger partial charge in [-0.25, -0.2) is 4.39 Å². The molecule has 0 aliphatic rings. The summed E-state index contributed by atoms with van der Waals surface area (Å²) in [5.74, 6) is -1.36. The Balaban J connectivity index is 2.77. The lowest BCUT2D eigenvalue weighted by atomic mass is 10.2. The molecule has 18 heavy (non-hydrogen) atoms. The van der Waals surface area contributed by atoms with Crippen molar-refractivity contribution in [2.75, 3.05) is 11.9 Å². The van der Waals surface area contributed by atoms with Crippen LogP contribution in [0.25, 0.3) is 0 Å². The number of para-hydroxylation sites is 1. The van der Waals surface area contributed by atoms with Gasteiger partial charge in [-0.05, 0) is 18.9 Å². The summed E-state index contributed by atoms with van der Waals surface area (Å²) in [7, 11) is 0. The third-order valence-electron chi connectivity index (χ3n) is 2.26. The topological polar surface area (TPSA) is 92.5 Å². The van der Waals surface area contributed by atoms with E-state index in [1.165, 1.54) is 6.07 Å². The van der Waals surface area contributed by atoms with Gasteiger partial charge in [0.05, 0.1) is 4.92 Å². The van der Waals surface area contributed by atoms with Crippen LogP contribution in [0.3, 0.4) is 0 Å². The fraction of sp³-hybridized carbons (Fsp3) is 0.364. The molecule has 0 spiro atoms. The summed E-state index contributed by atoms with van der Waals surface area (Å²) >= 11 is 0. The molecular weight excluding hydrogens is 243 g/mol. The summed E-state index contributed by atoms with van der Waals surface area (Å²) in [4.78, 5) is 21.3. The highest BCUT2D eigenvalue weighted by Gasteiger charge is 2.19. The van der Waals surface area contributed by atoms with Crippen LogP contribution in [-0.2, 0) is 4.79 Å². The minimum atomic E-state index is -0.847. The summed E-state index contributed by atoms with van der Waals surface area (Å²) in [6.07, 6.45) is 0.962. The Morgan fingerprint density at radius 2 is 2.17 bits per heavy atom. The minimum absolute atomic E-state index is 0.0346. The van der Waals surface area contributed by atoms with Crippen molar-refractivity contribution < 1.29 is 19.2 Å². The monoisotopic (exact) mass is 256 g/mol. The molecule has 0 radical (unpaired) electrons. The van der Waals surface area contributed by atoms with Crippen molar-refractivity contribution in [3.8, 4) is 0 Å². The van der Waals surface area contributed by atoms with Gasteiger partial charge in [0.15, 0.2) is 11.5 Å². The molecule has 1 aromatic rings. The first-order chi connectivity index (χ1) is 8.56. The van der Waals surface area contributed by atoms with Crippen LogP contribution in [-0.4, -0.2) is 22.5 Å². The summed E-state index contributed by atoms with van der Waals surface area (Å²) in [6.45, 7) is -0.0346. The van der Waals surface area contributed by atoms with Crippen LogP contribution in [0.1, 0.15) is 19.3 Å². The average molecular weight is 256 g/mol. The number of nitrogens with zero attached hydrogens (tertiary/aromatic N) is 1. The first-order valence-electron chi connectivity index (χ1n) is 5.40. The number of hydrogen-bond acceptors (Lipinski definition) is 4. The molecule has 0 fully saturated rings. The molecule has 7 heteroatoms. The number of anilines is 1. The summed E-state index contributed by atoms with van der Waals surface area (Å²) in [5, 5.41) is 21.4. The second kappa shape index (κ2) is 6.65. The number of aliphatic hydroxyl groups is 1. The van der Waals surface area contributed by atoms with Crippen molar-refractivity contribution in [1.82, 2.24) is 0 Å². The SMILES string of the molecule is O=C(CCCCO)Nc1c(F)cccc1[N+](=O)[O-]. The van der Waals surface area contributed by atoms with Crippen LogP contribution < -0.4 is 5.32 Å². The maximum absolute atomic E-state index is 13.4. The van der Waals surface area contributed by atoms with E-state index in [9.17, 15) is 19.3 Å². The highest BCUT2D eigenvalue weighted by molar-refractivity contribution is 5.93. The van der Waals surface area contributed by atoms with E-state index in [1.807, 2.05) is 0 Å².